The van der Waals surface area contributed by atoms with Crippen LogP contribution in [0.2, 0.25) is 0 Å². The fraction of sp³-hybridized carbons (Fsp3) is 0.188. The van der Waals surface area contributed by atoms with E-state index in [1.807, 2.05) is 53.1 Å². The molecular weight excluding hydrogens is 280 g/mol. The Balaban J connectivity index is 1.65. The van der Waals surface area contributed by atoms with Crippen molar-refractivity contribution in [2.75, 3.05) is 7.11 Å². The van der Waals surface area contributed by atoms with Crippen LogP contribution in [0.4, 0.5) is 0 Å². The average Bonchev–Trinajstić information content (AvgIpc) is 2.97. The summed E-state index contributed by atoms with van der Waals surface area (Å²) in [5, 5.41) is 11.0. The van der Waals surface area contributed by atoms with Crippen LogP contribution in [0.25, 0.3) is 5.65 Å². The highest BCUT2D eigenvalue weighted by atomic mass is 16.5. The number of para-hydroxylation sites is 1. The highest BCUT2D eigenvalue weighted by molar-refractivity contribution is 5.79. The summed E-state index contributed by atoms with van der Waals surface area (Å²) < 4.78 is 7.10. The van der Waals surface area contributed by atoms with Crippen molar-refractivity contribution >= 4 is 11.6 Å². The highest BCUT2D eigenvalue weighted by Gasteiger charge is 2.10. The van der Waals surface area contributed by atoms with Gasteiger partial charge in [-0.25, -0.2) is 0 Å². The molecule has 0 spiro atoms. The van der Waals surface area contributed by atoms with Crippen LogP contribution in [-0.2, 0) is 17.8 Å². The second-order valence-corrected chi connectivity index (χ2v) is 4.81. The van der Waals surface area contributed by atoms with Gasteiger partial charge in [-0.15, -0.1) is 10.2 Å². The number of carbonyl (C=O) groups excluding carboxylic acids is 1. The first-order chi connectivity index (χ1) is 10.8. The number of hydrogen-bond acceptors (Lipinski definition) is 4. The van der Waals surface area contributed by atoms with E-state index < -0.39 is 0 Å². The number of fused-ring (bicyclic) bond motifs is 1. The SMILES string of the molecule is COc1ccccc1CC(=O)NCc1nnc2ccccn12. The zero-order chi connectivity index (χ0) is 15.4. The second-order valence-electron chi connectivity index (χ2n) is 4.81. The number of pyridine rings is 1. The number of hydrogen-bond donors (Lipinski definition) is 1. The van der Waals surface area contributed by atoms with E-state index in [9.17, 15) is 4.79 Å². The molecular formula is C16H16N4O2. The average molecular weight is 296 g/mol. The molecule has 0 fully saturated rings. The predicted molar refractivity (Wildman–Crippen MR) is 81.5 cm³/mol. The Kier molecular flexibility index (Phi) is 4.00. The van der Waals surface area contributed by atoms with Crippen LogP contribution in [0, 0.1) is 0 Å². The van der Waals surface area contributed by atoms with Crippen LogP contribution in [0.15, 0.2) is 48.7 Å². The Morgan fingerprint density at radius 3 is 2.86 bits per heavy atom. The number of amides is 1. The maximum Gasteiger partial charge on any atom is 0.224 e. The largest absolute Gasteiger partial charge is 0.496 e. The zero-order valence-corrected chi connectivity index (χ0v) is 12.2. The van der Waals surface area contributed by atoms with Gasteiger partial charge < -0.3 is 10.1 Å². The lowest BCUT2D eigenvalue weighted by molar-refractivity contribution is -0.120. The molecule has 1 aromatic carbocycles. The fourth-order valence-corrected chi connectivity index (χ4v) is 2.27. The third-order valence-corrected chi connectivity index (χ3v) is 3.37. The molecule has 0 aliphatic carbocycles. The van der Waals surface area contributed by atoms with E-state index in [2.05, 4.69) is 15.5 Å². The monoisotopic (exact) mass is 296 g/mol. The molecule has 6 heteroatoms. The van der Waals surface area contributed by atoms with Crippen molar-refractivity contribution in [2.24, 2.45) is 0 Å². The van der Waals surface area contributed by atoms with Crippen LogP contribution in [0.1, 0.15) is 11.4 Å². The first-order valence-corrected chi connectivity index (χ1v) is 6.95. The normalized spacial score (nSPS) is 10.6. The van der Waals surface area contributed by atoms with E-state index >= 15 is 0 Å². The molecule has 0 saturated carbocycles. The third-order valence-electron chi connectivity index (χ3n) is 3.37. The Morgan fingerprint density at radius 2 is 2.00 bits per heavy atom. The van der Waals surface area contributed by atoms with Crippen LogP contribution < -0.4 is 10.1 Å². The summed E-state index contributed by atoms with van der Waals surface area (Å²) in [4.78, 5) is 12.1. The number of ether oxygens (including phenoxy) is 1. The lowest BCUT2D eigenvalue weighted by Gasteiger charge is -2.08. The van der Waals surface area contributed by atoms with E-state index in [-0.39, 0.29) is 12.3 Å². The predicted octanol–water partition coefficient (Wildman–Crippen LogP) is 1.60. The molecule has 0 aliphatic heterocycles. The summed E-state index contributed by atoms with van der Waals surface area (Å²) >= 11 is 0. The number of methoxy groups -OCH3 is 1. The van der Waals surface area contributed by atoms with Crippen molar-refractivity contribution in [3.05, 3.63) is 60.0 Å². The van der Waals surface area contributed by atoms with Crippen LogP contribution in [0.5, 0.6) is 5.75 Å². The Morgan fingerprint density at radius 1 is 1.18 bits per heavy atom. The Labute approximate surface area is 127 Å². The van der Waals surface area contributed by atoms with Gasteiger partial charge in [-0.3, -0.25) is 9.20 Å². The molecule has 0 unspecified atom stereocenters. The summed E-state index contributed by atoms with van der Waals surface area (Å²) in [6.45, 7) is 0.333. The smallest absolute Gasteiger partial charge is 0.224 e. The quantitative estimate of drug-likeness (QED) is 0.776. The number of carbonyl (C=O) groups is 1. The van der Waals surface area contributed by atoms with Gasteiger partial charge in [-0.05, 0) is 18.2 Å². The van der Waals surface area contributed by atoms with Gasteiger partial charge in [-0.1, -0.05) is 24.3 Å². The van der Waals surface area contributed by atoms with Gasteiger partial charge in [-0.2, -0.15) is 0 Å². The molecule has 112 valence electrons. The van der Waals surface area contributed by atoms with Gasteiger partial charge in [0.2, 0.25) is 5.91 Å². The van der Waals surface area contributed by atoms with Gasteiger partial charge >= 0.3 is 0 Å². The molecule has 3 rings (SSSR count). The topological polar surface area (TPSA) is 68.5 Å². The number of nitrogens with zero attached hydrogens (tertiary/aromatic N) is 3. The van der Waals surface area contributed by atoms with Gasteiger partial charge in [0.25, 0.3) is 0 Å². The molecule has 0 bridgehead atoms. The van der Waals surface area contributed by atoms with Crippen molar-refractivity contribution < 1.29 is 9.53 Å². The summed E-state index contributed by atoms with van der Waals surface area (Å²) in [6.07, 6.45) is 2.14. The van der Waals surface area contributed by atoms with E-state index in [0.717, 1.165) is 11.2 Å². The van der Waals surface area contributed by atoms with Crippen molar-refractivity contribution in [1.29, 1.82) is 0 Å². The zero-order valence-electron chi connectivity index (χ0n) is 12.2. The molecule has 0 atom stereocenters. The van der Waals surface area contributed by atoms with E-state index in [0.29, 0.717) is 18.1 Å². The van der Waals surface area contributed by atoms with Gasteiger partial charge in [0.05, 0.1) is 20.1 Å². The molecule has 2 aromatic heterocycles. The lowest BCUT2D eigenvalue weighted by atomic mass is 10.1. The number of nitrogens with one attached hydrogen (secondary N) is 1. The standard InChI is InChI=1S/C16H16N4O2/c1-22-13-7-3-2-6-12(13)10-16(21)17-11-15-19-18-14-8-4-5-9-20(14)15/h2-9H,10-11H2,1H3,(H,17,21). The van der Waals surface area contributed by atoms with Crippen molar-refractivity contribution in [3.8, 4) is 5.75 Å². The Bertz CT molecular complexity index is 797. The third kappa shape index (κ3) is 2.90. The number of aromatic nitrogens is 3. The number of benzene rings is 1. The molecule has 0 aliphatic rings. The van der Waals surface area contributed by atoms with E-state index in [1.54, 1.807) is 7.11 Å². The molecule has 3 aromatic rings. The molecule has 0 saturated heterocycles. The first kappa shape index (κ1) is 14.1. The summed E-state index contributed by atoms with van der Waals surface area (Å²) in [5.41, 5.74) is 1.62. The maximum absolute atomic E-state index is 12.1. The minimum absolute atomic E-state index is 0.0859. The van der Waals surface area contributed by atoms with Gasteiger partial charge in [0.15, 0.2) is 11.5 Å². The van der Waals surface area contributed by atoms with E-state index in [1.165, 1.54) is 0 Å². The maximum atomic E-state index is 12.1. The van der Waals surface area contributed by atoms with Crippen LogP contribution >= 0.6 is 0 Å². The summed E-state index contributed by atoms with van der Waals surface area (Å²) in [6, 6.07) is 13.1. The number of rotatable bonds is 5. The fourth-order valence-electron chi connectivity index (χ4n) is 2.27. The molecule has 1 amide bonds. The molecule has 2 heterocycles. The molecule has 22 heavy (non-hydrogen) atoms. The molecule has 1 N–H and O–H groups in total. The minimum atomic E-state index is -0.0859. The molecule has 6 nitrogen and oxygen atoms in total. The summed E-state index contributed by atoms with van der Waals surface area (Å²) in [5.74, 6) is 1.33. The van der Waals surface area contributed by atoms with Crippen LogP contribution in [-0.4, -0.2) is 27.6 Å². The van der Waals surface area contributed by atoms with Crippen molar-refractivity contribution in [2.45, 2.75) is 13.0 Å². The second kappa shape index (κ2) is 6.26. The van der Waals surface area contributed by atoms with E-state index in [4.69, 9.17) is 4.74 Å². The minimum Gasteiger partial charge on any atom is -0.496 e. The molecule has 0 radical (unpaired) electrons. The van der Waals surface area contributed by atoms with Crippen molar-refractivity contribution in [3.63, 3.8) is 0 Å². The Hall–Kier alpha value is -2.89. The van der Waals surface area contributed by atoms with Crippen LogP contribution in [0.3, 0.4) is 0 Å². The van der Waals surface area contributed by atoms with Crippen molar-refractivity contribution in [1.82, 2.24) is 19.9 Å². The highest BCUT2D eigenvalue weighted by Crippen LogP contribution is 2.17. The first-order valence-electron chi connectivity index (χ1n) is 6.95. The summed E-state index contributed by atoms with van der Waals surface area (Å²) in [7, 11) is 1.60. The van der Waals surface area contributed by atoms with Gasteiger partial charge in [0, 0.05) is 11.8 Å². The lowest BCUT2D eigenvalue weighted by Crippen LogP contribution is -2.25. The van der Waals surface area contributed by atoms with Gasteiger partial charge in [0.1, 0.15) is 5.75 Å².